The van der Waals surface area contributed by atoms with Crippen LogP contribution in [0.5, 0.6) is 0 Å². The number of rotatable bonds is 6. The van der Waals surface area contributed by atoms with Crippen molar-refractivity contribution in [2.45, 2.75) is 24.2 Å². The van der Waals surface area contributed by atoms with Crippen molar-refractivity contribution in [3.8, 4) is 0 Å². The molecule has 1 N–H and O–H groups in total. The lowest BCUT2D eigenvalue weighted by Gasteiger charge is -2.12. The molecule has 0 aliphatic rings. The van der Waals surface area contributed by atoms with E-state index in [0.29, 0.717) is 12.4 Å². The minimum atomic E-state index is -0.297. The number of carbonyl (C=O) groups excluding carboxylic acids is 1. The van der Waals surface area contributed by atoms with Crippen molar-refractivity contribution >= 4 is 29.1 Å². The molecule has 0 saturated heterocycles. The lowest BCUT2D eigenvalue weighted by Crippen LogP contribution is -2.37. The second-order valence-corrected chi connectivity index (χ2v) is 5.44. The number of nitrogens with zero attached hydrogens (tertiary/aromatic N) is 2. The van der Waals surface area contributed by atoms with Crippen LogP contribution in [0, 0.1) is 6.92 Å². The molecule has 1 heterocycles. The highest BCUT2D eigenvalue weighted by Gasteiger charge is 2.18. The van der Waals surface area contributed by atoms with Gasteiger partial charge in [-0.05, 0) is 20.9 Å². The largest absolute Gasteiger partial charge is 0.465 e. The molecule has 0 aliphatic heterocycles. The van der Waals surface area contributed by atoms with Gasteiger partial charge in [0, 0.05) is 5.75 Å². The summed E-state index contributed by atoms with van der Waals surface area (Å²) < 4.78 is 5.82. The van der Waals surface area contributed by atoms with Gasteiger partial charge in [-0.1, -0.05) is 23.1 Å². The van der Waals surface area contributed by atoms with Crippen LogP contribution in [-0.2, 0) is 9.53 Å². The van der Waals surface area contributed by atoms with E-state index in [1.54, 1.807) is 14.0 Å². The number of ether oxygens (including phenoxy) is 1. The third kappa shape index (κ3) is 4.07. The van der Waals surface area contributed by atoms with Crippen molar-refractivity contribution < 1.29 is 9.53 Å². The molecule has 0 fully saturated rings. The number of aryl methyl sites for hydroxylation is 1. The summed E-state index contributed by atoms with van der Waals surface area (Å²) in [5, 5.41) is 11.7. The third-order valence-corrected chi connectivity index (χ3v) is 3.87. The highest BCUT2D eigenvalue weighted by molar-refractivity contribution is 8.01. The fourth-order valence-electron chi connectivity index (χ4n) is 1.00. The van der Waals surface area contributed by atoms with E-state index in [1.165, 1.54) is 23.1 Å². The van der Waals surface area contributed by atoms with Gasteiger partial charge in [0.15, 0.2) is 4.34 Å². The minimum absolute atomic E-state index is 0.223. The van der Waals surface area contributed by atoms with Gasteiger partial charge in [0.2, 0.25) is 0 Å². The average Bonchev–Trinajstić information content (AvgIpc) is 2.65. The molecular weight excluding hydrogens is 246 g/mol. The monoisotopic (exact) mass is 261 g/mol. The highest BCUT2D eigenvalue weighted by Crippen LogP contribution is 2.22. The molecule has 1 aromatic heterocycles. The SMILES string of the molecule is CCOC(=O)C(CSc1nnc(C)s1)NC. The molecule has 1 unspecified atom stereocenters. The number of thioether (sulfide) groups is 1. The third-order valence-electron chi connectivity index (χ3n) is 1.80. The van der Waals surface area contributed by atoms with E-state index >= 15 is 0 Å². The topological polar surface area (TPSA) is 64.1 Å². The number of esters is 1. The van der Waals surface area contributed by atoms with Gasteiger partial charge in [0.1, 0.15) is 11.0 Å². The first-order valence-corrected chi connectivity index (χ1v) is 6.74. The first kappa shape index (κ1) is 13.4. The van der Waals surface area contributed by atoms with E-state index < -0.39 is 0 Å². The summed E-state index contributed by atoms with van der Waals surface area (Å²) in [6, 6.07) is -0.297. The van der Waals surface area contributed by atoms with Gasteiger partial charge in [-0.3, -0.25) is 4.79 Å². The molecule has 1 rings (SSSR count). The van der Waals surface area contributed by atoms with Gasteiger partial charge in [-0.15, -0.1) is 10.2 Å². The summed E-state index contributed by atoms with van der Waals surface area (Å²) in [7, 11) is 1.74. The smallest absolute Gasteiger partial charge is 0.323 e. The van der Waals surface area contributed by atoms with Crippen LogP contribution in [-0.4, -0.2) is 41.6 Å². The molecular formula is C9H15N3O2S2. The normalized spacial score (nSPS) is 12.4. The van der Waals surface area contributed by atoms with Crippen LogP contribution in [0.15, 0.2) is 4.34 Å². The lowest BCUT2D eigenvalue weighted by molar-refractivity contribution is -0.144. The standard InChI is InChI=1S/C9H15N3O2S2/c1-4-14-8(13)7(10-3)5-15-9-12-11-6(2)16-9/h7,10H,4-5H2,1-3H3. The summed E-state index contributed by atoms with van der Waals surface area (Å²) in [4.78, 5) is 11.5. The van der Waals surface area contributed by atoms with Crippen molar-refractivity contribution in [3.05, 3.63) is 5.01 Å². The predicted molar refractivity (Wildman–Crippen MR) is 64.9 cm³/mol. The fourth-order valence-corrected chi connectivity index (χ4v) is 2.93. The molecule has 0 spiro atoms. The number of hydrogen-bond donors (Lipinski definition) is 1. The summed E-state index contributed by atoms with van der Waals surface area (Å²) in [6.45, 7) is 4.11. The van der Waals surface area contributed by atoms with Crippen LogP contribution in [0.25, 0.3) is 0 Å². The number of nitrogens with one attached hydrogen (secondary N) is 1. The van der Waals surface area contributed by atoms with E-state index in [9.17, 15) is 4.79 Å². The van der Waals surface area contributed by atoms with Crippen molar-refractivity contribution in [1.29, 1.82) is 0 Å². The zero-order valence-electron chi connectivity index (χ0n) is 9.52. The summed E-state index contributed by atoms with van der Waals surface area (Å²) in [6.07, 6.45) is 0. The zero-order chi connectivity index (χ0) is 12.0. The first-order valence-electron chi connectivity index (χ1n) is 4.94. The van der Waals surface area contributed by atoms with Crippen LogP contribution in [0.1, 0.15) is 11.9 Å². The molecule has 0 aromatic carbocycles. The maximum Gasteiger partial charge on any atom is 0.323 e. The fraction of sp³-hybridized carbons (Fsp3) is 0.667. The summed E-state index contributed by atoms with van der Waals surface area (Å²) >= 11 is 3.04. The first-order chi connectivity index (χ1) is 7.67. The molecule has 0 radical (unpaired) electrons. The van der Waals surface area contributed by atoms with Gasteiger partial charge < -0.3 is 10.1 Å². The zero-order valence-corrected chi connectivity index (χ0v) is 11.2. The van der Waals surface area contributed by atoms with Crippen LogP contribution >= 0.6 is 23.1 Å². The molecule has 0 saturated carbocycles. The van der Waals surface area contributed by atoms with Crippen molar-refractivity contribution in [3.63, 3.8) is 0 Å². The Labute approximate surface area is 103 Å². The van der Waals surface area contributed by atoms with Gasteiger partial charge in [-0.2, -0.15) is 0 Å². The molecule has 0 aliphatic carbocycles. The number of hydrogen-bond acceptors (Lipinski definition) is 7. The van der Waals surface area contributed by atoms with E-state index in [1.807, 2.05) is 6.92 Å². The average molecular weight is 261 g/mol. The van der Waals surface area contributed by atoms with Crippen molar-refractivity contribution in [2.75, 3.05) is 19.4 Å². The summed E-state index contributed by atoms with van der Waals surface area (Å²) in [5.74, 6) is 0.378. The molecule has 0 bridgehead atoms. The minimum Gasteiger partial charge on any atom is -0.465 e. The Morgan fingerprint density at radius 1 is 1.62 bits per heavy atom. The molecule has 7 heteroatoms. The Kier molecular flexibility index (Phi) is 5.72. The van der Waals surface area contributed by atoms with Crippen molar-refractivity contribution in [1.82, 2.24) is 15.5 Å². The lowest BCUT2D eigenvalue weighted by atomic mass is 10.3. The number of aromatic nitrogens is 2. The second kappa shape index (κ2) is 6.82. The van der Waals surface area contributed by atoms with Gasteiger partial charge >= 0.3 is 5.97 Å². The Morgan fingerprint density at radius 2 is 2.38 bits per heavy atom. The highest BCUT2D eigenvalue weighted by atomic mass is 32.2. The van der Waals surface area contributed by atoms with Crippen LogP contribution in [0.3, 0.4) is 0 Å². The Balaban J connectivity index is 2.42. The van der Waals surface area contributed by atoms with E-state index in [0.717, 1.165) is 9.35 Å². The Morgan fingerprint density at radius 3 is 2.88 bits per heavy atom. The van der Waals surface area contributed by atoms with E-state index in [-0.39, 0.29) is 12.0 Å². The van der Waals surface area contributed by atoms with Crippen LogP contribution in [0.4, 0.5) is 0 Å². The number of likely N-dealkylation sites (N-methyl/N-ethyl adjacent to an activating group) is 1. The molecule has 1 aromatic rings. The van der Waals surface area contributed by atoms with Crippen LogP contribution in [0.2, 0.25) is 0 Å². The number of carbonyl (C=O) groups is 1. The van der Waals surface area contributed by atoms with Crippen LogP contribution < -0.4 is 5.32 Å². The molecule has 1 atom stereocenters. The second-order valence-electron chi connectivity index (χ2n) is 2.99. The molecule has 90 valence electrons. The molecule has 0 amide bonds. The maximum absolute atomic E-state index is 11.5. The van der Waals surface area contributed by atoms with E-state index in [2.05, 4.69) is 15.5 Å². The van der Waals surface area contributed by atoms with Gasteiger partial charge in [0.25, 0.3) is 0 Å². The Hall–Kier alpha value is -0.660. The summed E-state index contributed by atoms with van der Waals surface area (Å²) in [5.41, 5.74) is 0. The van der Waals surface area contributed by atoms with Gasteiger partial charge in [-0.25, -0.2) is 0 Å². The molecule has 16 heavy (non-hydrogen) atoms. The Bertz CT molecular complexity index is 343. The molecule has 5 nitrogen and oxygen atoms in total. The van der Waals surface area contributed by atoms with Crippen molar-refractivity contribution in [2.24, 2.45) is 0 Å². The van der Waals surface area contributed by atoms with Gasteiger partial charge in [0.05, 0.1) is 6.61 Å². The quantitative estimate of drug-likeness (QED) is 0.611. The van der Waals surface area contributed by atoms with E-state index in [4.69, 9.17) is 4.74 Å². The predicted octanol–water partition coefficient (Wildman–Crippen LogP) is 1.09. The maximum atomic E-state index is 11.5.